The highest BCUT2D eigenvalue weighted by atomic mass is 16.3. The van der Waals surface area contributed by atoms with Crippen molar-refractivity contribution in [3.05, 3.63) is 0 Å². The van der Waals surface area contributed by atoms with Crippen molar-refractivity contribution in [1.29, 1.82) is 0 Å². The van der Waals surface area contributed by atoms with Gasteiger partial charge in [-0.1, -0.05) is 27.7 Å². The maximum absolute atomic E-state index is 9.88. The summed E-state index contributed by atoms with van der Waals surface area (Å²) >= 11 is 0. The molecule has 0 rings (SSSR count). The maximum Gasteiger partial charge on any atom is 0.0640 e. The smallest absolute Gasteiger partial charge is 0.0640 e. The summed E-state index contributed by atoms with van der Waals surface area (Å²) in [5.41, 5.74) is -0.0800. The van der Waals surface area contributed by atoms with Crippen molar-refractivity contribution in [2.75, 3.05) is 6.61 Å². The van der Waals surface area contributed by atoms with Gasteiger partial charge < -0.3 is 10.2 Å². The van der Waals surface area contributed by atoms with Crippen LogP contribution in [0.25, 0.3) is 0 Å². The van der Waals surface area contributed by atoms with E-state index in [1.54, 1.807) is 0 Å². The largest absolute Gasteiger partial charge is 0.396 e. The number of hydrogen-bond donors (Lipinski definition) is 2. The van der Waals surface area contributed by atoms with Crippen molar-refractivity contribution < 1.29 is 10.2 Å². The van der Waals surface area contributed by atoms with Gasteiger partial charge in [-0.15, -0.1) is 0 Å². The fourth-order valence-electron chi connectivity index (χ4n) is 1.30. The molecule has 0 aliphatic carbocycles. The molecule has 0 fully saturated rings. The van der Waals surface area contributed by atoms with Gasteiger partial charge >= 0.3 is 0 Å². The molecular formula is C10H22O2. The molecule has 0 aliphatic heterocycles. The molecule has 12 heavy (non-hydrogen) atoms. The summed E-state index contributed by atoms with van der Waals surface area (Å²) in [6.45, 7) is 8.22. The van der Waals surface area contributed by atoms with E-state index in [2.05, 4.69) is 6.92 Å². The summed E-state index contributed by atoms with van der Waals surface area (Å²) in [6.07, 6.45) is 1.38. The third kappa shape index (κ3) is 2.76. The van der Waals surface area contributed by atoms with E-state index in [4.69, 9.17) is 5.11 Å². The topological polar surface area (TPSA) is 40.5 Å². The first-order chi connectivity index (χ1) is 5.49. The van der Waals surface area contributed by atoms with Gasteiger partial charge in [-0.05, 0) is 18.3 Å². The third-order valence-electron chi connectivity index (χ3n) is 2.92. The second-order valence-corrected chi connectivity index (χ2v) is 4.14. The molecule has 0 heterocycles. The van der Waals surface area contributed by atoms with Gasteiger partial charge in [-0.3, -0.25) is 0 Å². The summed E-state index contributed by atoms with van der Waals surface area (Å²) < 4.78 is 0. The van der Waals surface area contributed by atoms with Crippen LogP contribution >= 0.6 is 0 Å². The molecule has 0 aromatic carbocycles. The Kier molecular flexibility index (Phi) is 4.80. The molecule has 0 aliphatic rings. The fraction of sp³-hybridized carbons (Fsp3) is 1.00. The van der Waals surface area contributed by atoms with E-state index < -0.39 is 6.10 Å². The molecule has 0 saturated heterocycles. The molecule has 2 nitrogen and oxygen atoms in total. The molecule has 74 valence electrons. The van der Waals surface area contributed by atoms with Gasteiger partial charge in [0.2, 0.25) is 0 Å². The zero-order valence-electron chi connectivity index (χ0n) is 8.67. The molecule has 0 amide bonds. The first-order valence-corrected chi connectivity index (χ1v) is 4.78. The van der Waals surface area contributed by atoms with Crippen LogP contribution in [0.2, 0.25) is 0 Å². The zero-order chi connectivity index (χ0) is 9.78. The molecule has 2 heteroatoms. The Hall–Kier alpha value is -0.0800. The Labute approximate surface area is 75.6 Å². The van der Waals surface area contributed by atoms with Crippen molar-refractivity contribution in [1.82, 2.24) is 0 Å². The van der Waals surface area contributed by atoms with Crippen LogP contribution in [-0.4, -0.2) is 22.9 Å². The van der Waals surface area contributed by atoms with Gasteiger partial charge in [0.15, 0.2) is 0 Å². The van der Waals surface area contributed by atoms with Gasteiger partial charge in [0.05, 0.1) is 6.10 Å². The van der Waals surface area contributed by atoms with Crippen LogP contribution in [0, 0.1) is 11.3 Å². The summed E-state index contributed by atoms with van der Waals surface area (Å²) in [7, 11) is 0. The minimum absolute atomic E-state index is 0.0277. The van der Waals surface area contributed by atoms with Crippen LogP contribution in [0.15, 0.2) is 0 Å². The molecule has 0 bridgehead atoms. The number of rotatable bonds is 5. The predicted octanol–water partition coefficient (Wildman–Crippen LogP) is 1.80. The lowest BCUT2D eigenvalue weighted by Gasteiger charge is -2.34. The van der Waals surface area contributed by atoms with Crippen LogP contribution in [-0.2, 0) is 0 Å². The number of aliphatic hydroxyl groups excluding tert-OH is 2. The Bertz CT molecular complexity index is 117. The first-order valence-electron chi connectivity index (χ1n) is 4.78. The monoisotopic (exact) mass is 174 g/mol. The number of hydrogen-bond acceptors (Lipinski definition) is 2. The molecule has 0 spiro atoms. The van der Waals surface area contributed by atoms with Crippen molar-refractivity contribution in [2.45, 2.75) is 46.6 Å². The van der Waals surface area contributed by atoms with E-state index in [1.165, 1.54) is 0 Å². The molecule has 2 N–H and O–H groups in total. The molecular weight excluding hydrogens is 152 g/mol. The molecule has 0 saturated carbocycles. The molecule has 0 aromatic rings. The van der Waals surface area contributed by atoms with Crippen LogP contribution < -0.4 is 0 Å². The molecule has 2 atom stereocenters. The summed E-state index contributed by atoms with van der Waals surface area (Å²) in [5.74, 6) is 0.0277. The predicted molar refractivity (Wildman–Crippen MR) is 50.9 cm³/mol. The van der Waals surface area contributed by atoms with Gasteiger partial charge in [0, 0.05) is 12.5 Å². The van der Waals surface area contributed by atoms with Crippen molar-refractivity contribution >= 4 is 0 Å². The van der Waals surface area contributed by atoms with Crippen LogP contribution in [0.4, 0.5) is 0 Å². The quantitative estimate of drug-likeness (QED) is 0.667. The highest BCUT2D eigenvalue weighted by Gasteiger charge is 2.31. The minimum atomic E-state index is -0.391. The standard InChI is InChI=1S/C10H22O2/c1-5-8(7-11)9(12)10(3,4)6-2/h8-9,11-12H,5-7H2,1-4H3. The Morgan fingerprint density at radius 3 is 2.00 bits per heavy atom. The van der Waals surface area contributed by atoms with E-state index in [0.717, 1.165) is 12.8 Å². The SMILES string of the molecule is CCC(CO)C(O)C(C)(C)CC. The summed E-state index contributed by atoms with van der Waals surface area (Å²) in [5, 5.41) is 18.9. The van der Waals surface area contributed by atoms with E-state index in [0.29, 0.717) is 0 Å². The fourth-order valence-corrected chi connectivity index (χ4v) is 1.30. The normalized spacial score (nSPS) is 17.5. The van der Waals surface area contributed by atoms with Gasteiger partial charge in [-0.2, -0.15) is 0 Å². The average molecular weight is 174 g/mol. The second-order valence-electron chi connectivity index (χ2n) is 4.14. The maximum atomic E-state index is 9.88. The van der Waals surface area contributed by atoms with Crippen LogP contribution in [0.3, 0.4) is 0 Å². The second kappa shape index (κ2) is 4.83. The minimum Gasteiger partial charge on any atom is -0.396 e. The lowest BCUT2D eigenvalue weighted by molar-refractivity contribution is -0.0218. The zero-order valence-corrected chi connectivity index (χ0v) is 8.67. The molecule has 0 radical (unpaired) electrons. The number of aliphatic hydroxyl groups is 2. The van der Waals surface area contributed by atoms with Gasteiger partial charge in [0.1, 0.15) is 0 Å². The van der Waals surface area contributed by atoms with Crippen molar-refractivity contribution in [2.24, 2.45) is 11.3 Å². The lowest BCUT2D eigenvalue weighted by Crippen LogP contribution is -2.37. The van der Waals surface area contributed by atoms with E-state index >= 15 is 0 Å². The van der Waals surface area contributed by atoms with E-state index in [9.17, 15) is 5.11 Å². The summed E-state index contributed by atoms with van der Waals surface area (Å²) in [6, 6.07) is 0. The van der Waals surface area contributed by atoms with Crippen molar-refractivity contribution in [3.63, 3.8) is 0 Å². The highest BCUT2D eigenvalue weighted by molar-refractivity contribution is 4.81. The Morgan fingerprint density at radius 1 is 1.25 bits per heavy atom. The average Bonchev–Trinajstić information content (AvgIpc) is 2.06. The lowest BCUT2D eigenvalue weighted by atomic mass is 9.77. The Morgan fingerprint density at radius 2 is 1.75 bits per heavy atom. The van der Waals surface area contributed by atoms with Crippen molar-refractivity contribution in [3.8, 4) is 0 Å². The van der Waals surface area contributed by atoms with E-state index in [1.807, 2.05) is 20.8 Å². The molecule has 0 aromatic heterocycles. The van der Waals surface area contributed by atoms with Gasteiger partial charge in [0.25, 0.3) is 0 Å². The summed E-state index contributed by atoms with van der Waals surface area (Å²) in [4.78, 5) is 0. The molecule has 2 unspecified atom stereocenters. The van der Waals surface area contributed by atoms with Crippen LogP contribution in [0.5, 0.6) is 0 Å². The van der Waals surface area contributed by atoms with E-state index in [-0.39, 0.29) is 17.9 Å². The first kappa shape index (κ1) is 11.9. The highest BCUT2D eigenvalue weighted by Crippen LogP contribution is 2.30. The Balaban J connectivity index is 4.23. The third-order valence-corrected chi connectivity index (χ3v) is 2.92. The van der Waals surface area contributed by atoms with Gasteiger partial charge in [-0.25, -0.2) is 0 Å². The van der Waals surface area contributed by atoms with Crippen LogP contribution in [0.1, 0.15) is 40.5 Å².